The molecule has 0 aromatic heterocycles. The van der Waals surface area contributed by atoms with E-state index in [1.54, 1.807) is 0 Å². The molecule has 10 aliphatic rings. The number of amides is 4. The van der Waals surface area contributed by atoms with Crippen LogP contribution in [0.15, 0.2) is 0 Å². The molecule has 0 unspecified atom stereocenters. The second-order valence-corrected chi connectivity index (χ2v) is 30.9. The van der Waals surface area contributed by atoms with Gasteiger partial charge < -0.3 is 249 Å². The second kappa shape index (κ2) is 43.6. The highest BCUT2D eigenvalue weighted by atomic mass is 16.8. The molecular formula is C68H114N4O50. The first-order valence-electron chi connectivity index (χ1n) is 39.0. The Labute approximate surface area is 691 Å². The average Bonchev–Trinajstić information content (AvgIpc) is 0.783. The third kappa shape index (κ3) is 21.7. The van der Waals surface area contributed by atoms with E-state index in [0.717, 1.165) is 27.7 Å². The second-order valence-electron chi connectivity index (χ2n) is 30.9. The largest absolute Gasteiger partial charge is 0.394 e. The Morgan fingerprint density at radius 1 is 0.213 bits per heavy atom. The zero-order valence-corrected chi connectivity index (χ0v) is 65.7. The van der Waals surface area contributed by atoms with E-state index in [1.807, 2.05) is 0 Å². The molecule has 10 saturated heterocycles. The van der Waals surface area contributed by atoms with E-state index in [4.69, 9.17) is 90.0 Å². The number of aliphatic hydroxyl groups excluding tert-OH is 27. The Morgan fingerprint density at radius 3 is 0.779 bits per heavy atom. The van der Waals surface area contributed by atoms with E-state index in [0.29, 0.717) is 0 Å². The highest BCUT2D eigenvalue weighted by Gasteiger charge is 2.63. The molecule has 0 aromatic carbocycles. The Hall–Kier alpha value is -3.96. The van der Waals surface area contributed by atoms with Crippen LogP contribution in [0.2, 0.25) is 0 Å². The molecular weight excluding hydrogens is 1670 g/mol. The summed E-state index contributed by atoms with van der Waals surface area (Å²) in [7, 11) is 0. The summed E-state index contributed by atoms with van der Waals surface area (Å²) < 4.78 is 112. The fraction of sp³-hybridized carbons (Fsp3) is 0.941. The summed E-state index contributed by atoms with van der Waals surface area (Å²) in [5.74, 6) is -3.75. The van der Waals surface area contributed by atoms with Gasteiger partial charge in [0.1, 0.15) is 238 Å². The predicted octanol–water partition coefficient (Wildman–Crippen LogP) is -21.2. The first-order valence-corrected chi connectivity index (χ1v) is 39.0. The molecule has 31 N–H and O–H groups in total. The van der Waals surface area contributed by atoms with Crippen LogP contribution >= 0.6 is 0 Å². The normalized spacial score (nSPS) is 49.7. The molecule has 10 fully saturated rings. The lowest BCUT2D eigenvalue weighted by Gasteiger charge is -2.52. The van der Waals surface area contributed by atoms with Crippen molar-refractivity contribution < 1.29 is 247 Å². The molecule has 54 heteroatoms. The predicted molar refractivity (Wildman–Crippen MR) is 375 cm³/mol. The molecule has 0 aliphatic carbocycles. The van der Waals surface area contributed by atoms with Crippen LogP contribution in [0, 0.1) is 0 Å². The van der Waals surface area contributed by atoms with Gasteiger partial charge in [0, 0.05) is 27.7 Å². The van der Waals surface area contributed by atoms with Gasteiger partial charge in [-0.3, -0.25) is 19.2 Å². The van der Waals surface area contributed by atoms with E-state index in [2.05, 4.69) is 21.3 Å². The monoisotopic (exact) mass is 1790 g/mol. The van der Waals surface area contributed by atoms with Gasteiger partial charge in [-0.2, -0.15) is 0 Å². The number of carbonyl (C=O) groups excluding carboxylic acids is 4. The SMILES string of the molecule is CC(=O)N[C@H]1[C@H](O[C@H]2[C@@H](O)[C@@H](CO)O[C@@H](O[C@H]3[C@H](O)[C@@H](O)[C@H](O)O[C@@H]3CO)[C@@H]2O)O[C@H](CO)[C@@H](O[C@@H]2O[C@H](CO)[C@H](O)[C@H](O[C@@H]3O[C@H](CO)[C@@H](O[C@@H]4O[C@H](CO)[C@H](O)[C@H](O[C@@H]5O[C@H](CO)[C@@H](O[C@@H]6O[C@H](CO)[C@H](O)[C@H](O[C@@H]7O[C@H](CO)[C@@H](O)[C@H](O)[C@H]7NC(C)=O)[C@H]6O)[C@H](O[C@@H]6O[C@@H](C)[C@@H](O)[C@@H](O)[C@@H]6O)[C@H]5NC(C)=O)[C@H]4O)[C@H](O)[C@H]3NC(C)=O)[C@H]2O)[C@@H]1O. The van der Waals surface area contributed by atoms with Gasteiger partial charge in [0.2, 0.25) is 23.6 Å². The van der Waals surface area contributed by atoms with Crippen molar-refractivity contribution in [2.24, 2.45) is 0 Å². The van der Waals surface area contributed by atoms with Crippen LogP contribution in [0.1, 0.15) is 34.6 Å². The molecule has 54 nitrogen and oxygen atoms in total. The minimum Gasteiger partial charge on any atom is -0.394 e. The van der Waals surface area contributed by atoms with Crippen LogP contribution in [-0.4, -0.2) is 528 Å². The number of rotatable bonds is 31. The lowest BCUT2D eigenvalue weighted by Crippen LogP contribution is -2.72. The van der Waals surface area contributed by atoms with E-state index in [1.165, 1.54) is 6.92 Å². The van der Waals surface area contributed by atoms with Crippen LogP contribution in [0.3, 0.4) is 0 Å². The highest BCUT2D eigenvalue weighted by Crippen LogP contribution is 2.42. The van der Waals surface area contributed by atoms with Crippen molar-refractivity contribution in [1.82, 2.24) is 21.3 Å². The van der Waals surface area contributed by atoms with Crippen molar-refractivity contribution in [2.75, 3.05) is 59.5 Å². The van der Waals surface area contributed by atoms with E-state index in [9.17, 15) is 157 Å². The molecule has 4 amide bonds. The van der Waals surface area contributed by atoms with Crippen molar-refractivity contribution in [2.45, 2.75) is 341 Å². The third-order valence-electron chi connectivity index (χ3n) is 22.4. The summed E-state index contributed by atoms with van der Waals surface area (Å²) in [6.45, 7) is -5.01. The Morgan fingerprint density at radius 2 is 0.451 bits per heavy atom. The maximum atomic E-state index is 13.5. The maximum Gasteiger partial charge on any atom is 0.217 e. The topological polar surface area (TPSA) is 838 Å². The van der Waals surface area contributed by atoms with Gasteiger partial charge in [-0.25, -0.2) is 0 Å². The van der Waals surface area contributed by atoms with Crippen molar-refractivity contribution in [3.63, 3.8) is 0 Å². The number of carbonyl (C=O) groups is 4. The molecule has 0 aromatic rings. The lowest BCUT2D eigenvalue weighted by molar-refractivity contribution is -0.396. The number of ether oxygens (including phenoxy) is 19. The third-order valence-corrected chi connectivity index (χ3v) is 22.4. The highest BCUT2D eigenvalue weighted by molar-refractivity contribution is 5.74. The van der Waals surface area contributed by atoms with Gasteiger partial charge in [0.25, 0.3) is 0 Å². The molecule has 122 heavy (non-hydrogen) atoms. The molecule has 0 spiro atoms. The first kappa shape index (κ1) is 100. The molecule has 50 atom stereocenters. The van der Waals surface area contributed by atoms with Crippen LogP contribution in [0.25, 0.3) is 0 Å². The van der Waals surface area contributed by atoms with Crippen LogP contribution < -0.4 is 21.3 Å². The summed E-state index contributed by atoms with van der Waals surface area (Å²) in [4.78, 5) is 51.8. The molecule has 0 bridgehead atoms. The zero-order valence-electron chi connectivity index (χ0n) is 65.7. The Bertz CT molecular complexity index is 3290. The van der Waals surface area contributed by atoms with Crippen molar-refractivity contribution in [1.29, 1.82) is 0 Å². The average molecular weight is 1790 g/mol. The number of nitrogens with one attached hydrogen (secondary N) is 4. The number of hydrogen-bond acceptors (Lipinski definition) is 50. The minimum atomic E-state index is -2.46. The molecule has 10 rings (SSSR count). The summed E-state index contributed by atoms with van der Waals surface area (Å²) >= 11 is 0. The fourth-order valence-electron chi connectivity index (χ4n) is 16.0. The zero-order chi connectivity index (χ0) is 89.8. The van der Waals surface area contributed by atoms with Gasteiger partial charge in [0.15, 0.2) is 62.9 Å². The first-order chi connectivity index (χ1) is 57.7. The van der Waals surface area contributed by atoms with Crippen LogP contribution in [0.4, 0.5) is 0 Å². The molecule has 10 heterocycles. The number of hydrogen-bond donors (Lipinski definition) is 31. The maximum absolute atomic E-state index is 13.5. The van der Waals surface area contributed by atoms with Gasteiger partial charge in [0.05, 0.1) is 65.6 Å². The quantitative estimate of drug-likeness (QED) is 0.0306. The lowest BCUT2D eigenvalue weighted by atomic mass is 9.93. The van der Waals surface area contributed by atoms with E-state index < -0.39 is 390 Å². The van der Waals surface area contributed by atoms with Gasteiger partial charge in [-0.1, -0.05) is 0 Å². The van der Waals surface area contributed by atoms with E-state index >= 15 is 0 Å². The van der Waals surface area contributed by atoms with Crippen LogP contribution in [-0.2, 0) is 109 Å². The number of aliphatic hydroxyl groups is 27. The Kier molecular flexibility index (Phi) is 35.8. The summed E-state index contributed by atoms with van der Waals surface area (Å²) in [6.07, 6.45) is -94.3. The van der Waals surface area contributed by atoms with Crippen molar-refractivity contribution >= 4 is 23.6 Å². The van der Waals surface area contributed by atoms with Crippen molar-refractivity contribution in [3.8, 4) is 0 Å². The molecule has 706 valence electrons. The van der Waals surface area contributed by atoms with Gasteiger partial charge >= 0.3 is 0 Å². The summed E-state index contributed by atoms with van der Waals surface area (Å²) in [5.41, 5.74) is 0. The van der Waals surface area contributed by atoms with Gasteiger partial charge in [-0.15, -0.1) is 0 Å². The molecule has 0 saturated carbocycles. The molecule has 10 aliphatic heterocycles. The smallest absolute Gasteiger partial charge is 0.217 e. The van der Waals surface area contributed by atoms with Gasteiger partial charge in [-0.05, 0) is 6.92 Å². The minimum absolute atomic E-state index is 0.820. The van der Waals surface area contributed by atoms with Crippen LogP contribution in [0.5, 0.6) is 0 Å². The molecule has 0 radical (unpaired) electrons. The Balaban J connectivity index is 0.878. The van der Waals surface area contributed by atoms with Crippen molar-refractivity contribution in [3.05, 3.63) is 0 Å². The van der Waals surface area contributed by atoms with E-state index in [-0.39, 0.29) is 0 Å². The standard InChI is InChI=1S/C68H114N4O50/c1-15-33(86)42(95)45(98)64(104-15)118-54-32(72-19(5)85)63(113-28(14-81)53(54)117-68-49(102)57(37(90)24(10-77)110-68)119-60-29(69-16(2)82)39(92)34(87)20(6-73)106-60)122-58-38(91)23(9-76)108-66(48(58)101)115-51-27(13-80)111-61(30(41(51)94)70-17(3)83)120-55-35(88)21(7-74)107-65(46(55)99)114-50-26(12-79)112-62(31(40(50)93)71-18(4)84)121-56-36(89)22(8-75)109-67(47(56)100)116-52-25(11-78)105-59(103)44(97)43(52)96/h15,20-68,73-81,86-103H,6-14H2,1-5H3,(H,69,82)(H,70,83)(H,71,84)(H,72,85)/t15-,20+,21+,22+,23+,24+,25+,26+,27+,28+,29+,30+,31+,32+,33+,34+,35-,36-,37-,38-,39+,40+,41+,42+,43+,44+,45-,46+,47+,48+,49+,50+,51+,52+,53+,54+,55-,56-,57-,58-,59+,60-,61-,62-,63-,64-,65-,66-,67-,68-/m0/s1. The summed E-state index contributed by atoms with van der Waals surface area (Å²) in [5, 5.41) is 310. The summed E-state index contributed by atoms with van der Waals surface area (Å²) in [6, 6.07) is -7.64. The fourth-order valence-corrected chi connectivity index (χ4v) is 16.0.